The molecule has 2 heterocycles. The lowest BCUT2D eigenvalue weighted by Crippen LogP contribution is -1.98. The van der Waals surface area contributed by atoms with Crippen LogP contribution in [0.2, 0.25) is 0 Å². The normalized spacial score (nSPS) is 10.8. The standard InChI is InChI=1S/C17H12FN3O2/c18-13-6-3-12(4-7-13)5-8-16-21-15(10-19)17(23-16)20-11-14-2-1-9-22-14/h1-9,20H,11H2. The van der Waals surface area contributed by atoms with E-state index in [2.05, 4.69) is 10.3 Å². The Labute approximate surface area is 131 Å². The molecule has 0 bridgehead atoms. The van der Waals surface area contributed by atoms with Crippen LogP contribution in [-0.2, 0) is 6.54 Å². The van der Waals surface area contributed by atoms with Crippen LogP contribution in [0.5, 0.6) is 0 Å². The van der Waals surface area contributed by atoms with Gasteiger partial charge in [-0.1, -0.05) is 12.1 Å². The first-order valence-corrected chi connectivity index (χ1v) is 6.85. The van der Waals surface area contributed by atoms with Crippen molar-refractivity contribution >= 4 is 18.0 Å². The topological polar surface area (TPSA) is 75.0 Å². The van der Waals surface area contributed by atoms with Crippen LogP contribution in [0.4, 0.5) is 10.3 Å². The molecule has 0 saturated heterocycles. The zero-order chi connectivity index (χ0) is 16.1. The van der Waals surface area contributed by atoms with Gasteiger partial charge in [0.2, 0.25) is 17.5 Å². The summed E-state index contributed by atoms with van der Waals surface area (Å²) in [5.74, 6) is 0.985. The van der Waals surface area contributed by atoms with Crippen molar-refractivity contribution in [1.29, 1.82) is 5.26 Å². The first kappa shape index (κ1) is 14.6. The molecule has 0 atom stereocenters. The van der Waals surface area contributed by atoms with Gasteiger partial charge in [0.1, 0.15) is 17.6 Å². The summed E-state index contributed by atoms with van der Waals surface area (Å²) in [5, 5.41) is 12.1. The second-order valence-electron chi connectivity index (χ2n) is 4.66. The molecule has 0 unspecified atom stereocenters. The summed E-state index contributed by atoms with van der Waals surface area (Å²) in [6, 6.07) is 11.6. The minimum atomic E-state index is -0.297. The number of nitrogens with zero attached hydrogens (tertiary/aromatic N) is 2. The van der Waals surface area contributed by atoms with E-state index in [9.17, 15) is 4.39 Å². The lowest BCUT2D eigenvalue weighted by molar-refractivity contribution is 0.509. The summed E-state index contributed by atoms with van der Waals surface area (Å²) in [7, 11) is 0. The Kier molecular flexibility index (Phi) is 4.20. The summed E-state index contributed by atoms with van der Waals surface area (Å²) in [6.07, 6.45) is 4.91. The maximum absolute atomic E-state index is 12.8. The highest BCUT2D eigenvalue weighted by molar-refractivity contribution is 5.67. The highest BCUT2D eigenvalue weighted by atomic mass is 19.1. The first-order chi connectivity index (χ1) is 11.2. The maximum atomic E-state index is 12.8. The first-order valence-electron chi connectivity index (χ1n) is 6.85. The number of halogens is 1. The summed E-state index contributed by atoms with van der Waals surface area (Å²) < 4.78 is 23.5. The van der Waals surface area contributed by atoms with Crippen LogP contribution in [0, 0.1) is 17.1 Å². The predicted octanol–water partition coefficient (Wildman–Crippen LogP) is 4.06. The minimum absolute atomic E-state index is 0.162. The summed E-state index contributed by atoms with van der Waals surface area (Å²) in [5.41, 5.74) is 0.962. The van der Waals surface area contributed by atoms with Crippen molar-refractivity contribution in [3.63, 3.8) is 0 Å². The van der Waals surface area contributed by atoms with Gasteiger partial charge in [-0.25, -0.2) is 4.39 Å². The highest BCUT2D eigenvalue weighted by Gasteiger charge is 2.11. The maximum Gasteiger partial charge on any atom is 0.232 e. The zero-order valence-electron chi connectivity index (χ0n) is 12.0. The van der Waals surface area contributed by atoms with Crippen LogP contribution in [0.1, 0.15) is 22.9 Å². The monoisotopic (exact) mass is 309 g/mol. The van der Waals surface area contributed by atoms with Gasteiger partial charge in [-0.05, 0) is 35.9 Å². The largest absolute Gasteiger partial charge is 0.467 e. The fourth-order valence-electron chi connectivity index (χ4n) is 1.93. The van der Waals surface area contributed by atoms with Gasteiger partial charge in [-0.2, -0.15) is 10.2 Å². The lowest BCUT2D eigenvalue weighted by Gasteiger charge is -1.98. The smallest absolute Gasteiger partial charge is 0.232 e. The predicted molar refractivity (Wildman–Crippen MR) is 82.6 cm³/mol. The Hall–Kier alpha value is -3.33. The van der Waals surface area contributed by atoms with Crippen molar-refractivity contribution < 1.29 is 13.2 Å². The molecule has 0 amide bonds. The van der Waals surface area contributed by atoms with Crippen LogP contribution in [0.3, 0.4) is 0 Å². The van der Waals surface area contributed by atoms with E-state index in [1.54, 1.807) is 36.6 Å². The summed E-state index contributed by atoms with van der Waals surface area (Å²) in [6.45, 7) is 0.387. The van der Waals surface area contributed by atoms with E-state index < -0.39 is 0 Å². The third-order valence-electron chi connectivity index (χ3n) is 3.04. The molecular formula is C17H12FN3O2. The van der Waals surface area contributed by atoms with Crippen molar-refractivity contribution in [3.8, 4) is 6.07 Å². The average Bonchev–Trinajstić information content (AvgIpc) is 3.21. The van der Waals surface area contributed by atoms with Crippen LogP contribution >= 0.6 is 0 Å². The number of aromatic nitrogens is 1. The fourth-order valence-corrected chi connectivity index (χ4v) is 1.93. The summed E-state index contributed by atoms with van der Waals surface area (Å²) >= 11 is 0. The number of anilines is 1. The Morgan fingerprint density at radius 1 is 1.22 bits per heavy atom. The number of oxazole rings is 1. The molecule has 1 aromatic carbocycles. The minimum Gasteiger partial charge on any atom is -0.467 e. The van der Waals surface area contributed by atoms with Crippen molar-refractivity contribution in [1.82, 2.24) is 4.98 Å². The van der Waals surface area contributed by atoms with Crippen molar-refractivity contribution in [2.45, 2.75) is 6.54 Å². The molecule has 0 spiro atoms. The van der Waals surface area contributed by atoms with Gasteiger partial charge in [0, 0.05) is 6.08 Å². The Balaban J connectivity index is 1.73. The number of nitriles is 1. The molecule has 6 heteroatoms. The molecule has 3 rings (SSSR count). The van der Waals surface area contributed by atoms with Crippen LogP contribution < -0.4 is 5.32 Å². The molecule has 0 aliphatic heterocycles. The molecule has 0 aliphatic carbocycles. The molecule has 1 N–H and O–H groups in total. The molecule has 0 aliphatic rings. The molecule has 2 aromatic heterocycles. The van der Waals surface area contributed by atoms with E-state index >= 15 is 0 Å². The van der Waals surface area contributed by atoms with E-state index in [1.807, 2.05) is 12.1 Å². The van der Waals surface area contributed by atoms with Gasteiger partial charge in [0.05, 0.1) is 12.8 Å². The van der Waals surface area contributed by atoms with E-state index in [0.717, 1.165) is 5.56 Å². The van der Waals surface area contributed by atoms with E-state index in [1.165, 1.54) is 12.1 Å². The third-order valence-corrected chi connectivity index (χ3v) is 3.04. The number of hydrogen-bond acceptors (Lipinski definition) is 5. The zero-order valence-corrected chi connectivity index (χ0v) is 12.0. The van der Waals surface area contributed by atoms with Crippen molar-refractivity contribution in [2.24, 2.45) is 0 Å². The van der Waals surface area contributed by atoms with Gasteiger partial charge >= 0.3 is 0 Å². The SMILES string of the molecule is N#Cc1nc(C=Cc2ccc(F)cc2)oc1NCc1ccco1. The van der Waals surface area contributed by atoms with Gasteiger partial charge < -0.3 is 14.2 Å². The highest BCUT2D eigenvalue weighted by Crippen LogP contribution is 2.19. The van der Waals surface area contributed by atoms with Crippen LogP contribution in [-0.4, -0.2) is 4.98 Å². The van der Waals surface area contributed by atoms with Crippen molar-refractivity contribution in [3.05, 3.63) is 71.4 Å². The van der Waals surface area contributed by atoms with Crippen molar-refractivity contribution in [2.75, 3.05) is 5.32 Å². The molecule has 5 nitrogen and oxygen atoms in total. The van der Waals surface area contributed by atoms with E-state index in [-0.39, 0.29) is 23.3 Å². The molecule has 23 heavy (non-hydrogen) atoms. The third kappa shape index (κ3) is 3.66. The molecular weight excluding hydrogens is 297 g/mol. The molecule has 114 valence electrons. The molecule has 0 fully saturated rings. The van der Waals surface area contributed by atoms with Crippen LogP contribution in [0.15, 0.2) is 51.5 Å². The Morgan fingerprint density at radius 3 is 2.74 bits per heavy atom. The fraction of sp³-hybridized carbons (Fsp3) is 0.0588. The van der Waals surface area contributed by atoms with E-state index in [4.69, 9.17) is 14.1 Å². The Bertz CT molecular complexity index is 843. The van der Waals surface area contributed by atoms with Gasteiger partial charge in [0.15, 0.2) is 0 Å². The molecule has 3 aromatic rings. The second kappa shape index (κ2) is 6.62. The molecule has 0 saturated carbocycles. The number of rotatable bonds is 5. The quantitative estimate of drug-likeness (QED) is 0.769. The number of nitrogens with one attached hydrogen (secondary N) is 1. The lowest BCUT2D eigenvalue weighted by atomic mass is 10.2. The second-order valence-corrected chi connectivity index (χ2v) is 4.66. The summed E-state index contributed by atoms with van der Waals surface area (Å²) in [4.78, 5) is 4.08. The van der Waals surface area contributed by atoms with E-state index in [0.29, 0.717) is 12.3 Å². The van der Waals surface area contributed by atoms with Crippen LogP contribution in [0.25, 0.3) is 12.2 Å². The molecule has 0 radical (unpaired) electrons. The average molecular weight is 309 g/mol. The Morgan fingerprint density at radius 2 is 2.04 bits per heavy atom. The van der Waals surface area contributed by atoms with Gasteiger partial charge in [0.25, 0.3) is 0 Å². The van der Waals surface area contributed by atoms with Gasteiger partial charge in [-0.15, -0.1) is 0 Å². The number of hydrogen-bond donors (Lipinski definition) is 1. The number of furan rings is 1. The van der Waals surface area contributed by atoms with Gasteiger partial charge in [-0.3, -0.25) is 0 Å². The number of benzene rings is 1.